The molecule has 0 spiro atoms. The molecule has 3 rings (SSSR count). The highest BCUT2D eigenvalue weighted by atomic mass is 32.2. The molecule has 0 bridgehead atoms. The molecule has 0 saturated carbocycles. The number of methoxy groups -OCH3 is 1. The van der Waals surface area contributed by atoms with Crippen LogP contribution in [0.3, 0.4) is 0 Å². The van der Waals surface area contributed by atoms with Gasteiger partial charge in [-0.25, -0.2) is 5.43 Å². The predicted molar refractivity (Wildman–Crippen MR) is 120 cm³/mol. The fourth-order valence-corrected chi connectivity index (χ4v) is 3.86. The average Bonchev–Trinajstić information content (AvgIpc) is 3.02. The summed E-state index contributed by atoms with van der Waals surface area (Å²) in [6.07, 6.45) is 1.70. The Balaban J connectivity index is 1.51. The van der Waals surface area contributed by atoms with Crippen molar-refractivity contribution in [1.29, 1.82) is 0 Å². The van der Waals surface area contributed by atoms with E-state index in [2.05, 4.69) is 40.2 Å². The third-order valence-electron chi connectivity index (χ3n) is 4.54. The number of aryl methyl sites for hydroxylation is 1. The number of hydrogen-bond donors (Lipinski definition) is 1. The molecular weight excluding hydrogens is 382 g/mol. The van der Waals surface area contributed by atoms with Crippen molar-refractivity contribution in [3.8, 4) is 11.4 Å². The van der Waals surface area contributed by atoms with E-state index in [1.54, 1.807) is 25.1 Å². The first kappa shape index (κ1) is 20.7. The van der Waals surface area contributed by atoms with Gasteiger partial charge in [-0.2, -0.15) is 5.10 Å². The third kappa shape index (κ3) is 5.51. The molecule has 0 aliphatic rings. The van der Waals surface area contributed by atoms with Crippen LogP contribution in [-0.2, 0) is 10.5 Å². The lowest BCUT2D eigenvalue weighted by atomic mass is 10.2. The lowest BCUT2D eigenvalue weighted by Gasteiger charge is -2.08. The maximum atomic E-state index is 12.0. The monoisotopic (exact) mass is 407 g/mol. The molecular formula is C23H25N3O2S. The molecule has 0 aliphatic heterocycles. The summed E-state index contributed by atoms with van der Waals surface area (Å²) >= 11 is 1.55. The molecule has 1 aromatic heterocycles. The summed E-state index contributed by atoms with van der Waals surface area (Å²) in [6, 6.07) is 20.1. The molecule has 0 radical (unpaired) electrons. The van der Waals surface area contributed by atoms with Crippen molar-refractivity contribution < 1.29 is 9.53 Å². The van der Waals surface area contributed by atoms with Crippen molar-refractivity contribution in [1.82, 2.24) is 9.99 Å². The van der Waals surface area contributed by atoms with Gasteiger partial charge in [-0.1, -0.05) is 30.3 Å². The maximum Gasteiger partial charge on any atom is 0.250 e. The summed E-state index contributed by atoms with van der Waals surface area (Å²) in [5.74, 6) is 1.83. The minimum Gasteiger partial charge on any atom is -0.497 e. The van der Waals surface area contributed by atoms with Crippen molar-refractivity contribution in [2.75, 3.05) is 12.9 Å². The van der Waals surface area contributed by atoms with Crippen molar-refractivity contribution >= 4 is 23.9 Å². The van der Waals surface area contributed by atoms with E-state index in [9.17, 15) is 4.79 Å². The normalized spacial score (nSPS) is 11.0. The Bertz CT molecular complexity index is 979. The van der Waals surface area contributed by atoms with E-state index in [4.69, 9.17) is 4.74 Å². The van der Waals surface area contributed by atoms with Gasteiger partial charge in [0.2, 0.25) is 5.91 Å². The number of rotatable bonds is 8. The zero-order chi connectivity index (χ0) is 20.6. The maximum absolute atomic E-state index is 12.0. The van der Waals surface area contributed by atoms with Crippen LogP contribution >= 0.6 is 11.8 Å². The van der Waals surface area contributed by atoms with Gasteiger partial charge in [0.05, 0.1) is 19.1 Å². The summed E-state index contributed by atoms with van der Waals surface area (Å²) < 4.78 is 7.32. The van der Waals surface area contributed by atoms with Gasteiger partial charge in [0, 0.05) is 28.4 Å². The number of para-hydroxylation sites is 1. The Hall–Kier alpha value is -2.99. The summed E-state index contributed by atoms with van der Waals surface area (Å²) in [7, 11) is 1.65. The van der Waals surface area contributed by atoms with Crippen molar-refractivity contribution in [2.45, 2.75) is 19.6 Å². The first-order valence-corrected chi connectivity index (χ1v) is 10.5. The van der Waals surface area contributed by atoms with E-state index in [1.165, 1.54) is 0 Å². The van der Waals surface area contributed by atoms with E-state index in [0.29, 0.717) is 5.75 Å². The van der Waals surface area contributed by atoms with Crippen LogP contribution in [0, 0.1) is 13.8 Å². The van der Waals surface area contributed by atoms with Crippen LogP contribution in [0.15, 0.2) is 65.8 Å². The Labute approximate surface area is 175 Å². The number of nitrogens with zero attached hydrogens (tertiary/aromatic N) is 2. The van der Waals surface area contributed by atoms with E-state index >= 15 is 0 Å². The van der Waals surface area contributed by atoms with Gasteiger partial charge in [-0.3, -0.25) is 4.79 Å². The molecule has 0 unspecified atom stereocenters. The predicted octanol–water partition coefficient (Wildman–Crippen LogP) is 4.49. The van der Waals surface area contributed by atoms with Crippen LogP contribution in [0.2, 0.25) is 0 Å². The summed E-state index contributed by atoms with van der Waals surface area (Å²) in [5, 5.41) is 4.13. The van der Waals surface area contributed by atoms with E-state index in [0.717, 1.165) is 39.7 Å². The number of carbonyl (C=O) groups excluding carboxylic acids is 1. The van der Waals surface area contributed by atoms with Crippen LogP contribution in [0.4, 0.5) is 0 Å². The fourth-order valence-electron chi connectivity index (χ4n) is 3.08. The fraction of sp³-hybridized carbons (Fsp3) is 0.217. The van der Waals surface area contributed by atoms with Crippen molar-refractivity contribution in [3.05, 3.63) is 83.2 Å². The first-order valence-electron chi connectivity index (χ1n) is 9.35. The van der Waals surface area contributed by atoms with Gasteiger partial charge in [0.1, 0.15) is 5.75 Å². The number of carbonyl (C=O) groups is 1. The SMILES string of the molecule is COc1ccc(CSCC(=O)N/N=C/c2cc(C)n(-c3ccccc3)c2C)cc1. The minimum atomic E-state index is -0.114. The number of aromatic nitrogens is 1. The number of hydrazone groups is 1. The van der Waals surface area contributed by atoms with Crippen LogP contribution in [0.5, 0.6) is 5.75 Å². The molecule has 150 valence electrons. The van der Waals surface area contributed by atoms with Gasteiger partial charge in [-0.05, 0) is 49.7 Å². The van der Waals surface area contributed by atoms with Crippen molar-refractivity contribution in [3.63, 3.8) is 0 Å². The van der Waals surface area contributed by atoms with E-state index in [-0.39, 0.29) is 5.91 Å². The smallest absolute Gasteiger partial charge is 0.250 e. The quantitative estimate of drug-likeness (QED) is 0.442. The van der Waals surface area contributed by atoms with Gasteiger partial charge >= 0.3 is 0 Å². The molecule has 0 saturated heterocycles. The highest BCUT2D eigenvalue weighted by Crippen LogP contribution is 2.19. The highest BCUT2D eigenvalue weighted by Gasteiger charge is 2.09. The molecule has 0 aliphatic carbocycles. The largest absolute Gasteiger partial charge is 0.497 e. The Morgan fingerprint density at radius 3 is 2.55 bits per heavy atom. The van der Waals surface area contributed by atoms with Gasteiger partial charge in [0.25, 0.3) is 0 Å². The molecule has 6 heteroatoms. The van der Waals surface area contributed by atoms with E-state index < -0.39 is 0 Å². The second-order valence-electron chi connectivity index (χ2n) is 6.63. The molecule has 3 aromatic rings. The average molecular weight is 408 g/mol. The summed E-state index contributed by atoms with van der Waals surface area (Å²) in [6.45, 7) is 4.11. The molecule has 1 amide bonds. The number of thioether (sulfide) groups is 1. The Morgan fingerprint density at radius 1 is 1.14 bits per heavy atom. The molecule has 29 heavy (non-hydrogen) atoms. The molecule has 1 N–H and O–H groups in total. The number of ether oxygens (including phenoxy) is 1. The van der Waals surface area contributed by atoms with Gasteiger partial charge in [-0.15, -0.1) is 11.8 Å². The molecule has 2 aromatic carbocycles. The van der Waals surface area contributed by atoms with Crippen LogP contribution in [-0.4, -0.2) is 29.6 Å². The Kier molecular flexibility index (Phi) is 7.14. The number of benzene rings is 2. The molecule has 0 atom stereocenters. The molecule has 1 heterocycles. The van der Waals surface area contributed by atoms with Gasteiger partial charge < -0.3 is 9.30 Å². The number of nitrogens with one attached hydrogen (secondary N) is 1. The zero-order valence-corrected chi connectivity index (χ0v) is 17.7. The number of amides is 1. The second-order valence-corrected chi connectivity index (χ2v) is 7.62. The second kappa shape index (κ2) is 9.98. The first-order chi connectivity index (χ1) is 14.1. The molecule has 0 fully saturated rings. The minimum absolute atomic E-state index is 0.114. The van der Waals surface area contributed by atoms with E-state index in [1.807, 2.05) is 49.4 Å². The highest BCUT2D eigenvalue weighted by molar-refractivity contribution is 7.99. The van der Waals surface area contributed by atoms with Crippen LogP contribution in [0.1, 0.15) is 22.5 Å². The topological polar surface area (TPSA) is 55.6 Å². The summed E-state index contributed by atoms with van der Waals surface area (Å²) in [5.41, 5.74) is 8.07. The van der Waals surface area contributed by atoms with Crippen LogP contribution < -0.4 is 10.2 Å². The molecule has 5 nitrogen and oxygen atoms in total. The lowest BCUT2D eigenvalue weighted by molar-refractivity contribution is -0.118. The zero-order valence-electron chi connectivity index (χ0n) is 16.9. The Morgan fingerprint density at radius 2 is 1.86 bits per heavy atom. The number of hydrogen-bond acceptors (Lipinski definition) is 4. The van der Waals surface area contributed by atoms with Crippen molar-refractivity contribution in [2.24, 2.45) is 5.10 Å². The van der Waals surface area contributed by atoms with Crippen LogP contribution in [0.25, 0.3) is 5.69 Å². The van der Waals surface area contributed by atoms with Gasteiger partial charge in [0.15, 0.2) is 0 Å². The summed E-state index contributed by atoms with van der Waals surface area (Å²) in [4.78, 5) is 12.0. The standard InChI is InChI=1S/C23H25N3O2S/c1-17-13-20(18(2)26(17)21-7-5-4-6-8-21)14-24-25-23(27)16-29-15-19-9-11-22(28-3)12-10-19/h4-14H,15-16H2,1-3H3,(H,25,27)/b24-14+. The third-order valence-corrected chi connectivity index (χ3v) is 5.54. The lowest BCUT2D eigenvalue weighted by Crippen LogP contribution is -2.19.